The maximum Gasteiger partial charge on any atom is 0.164 e. The van der Waals surface area contributed by atoms with Gasteiger partial charge in [-0.15, -0.1) is 0 Å². The fraction of sp³-hybridized carbons (Fsp3) is 1.00. The van der Waals surface area contributed by atoms with Crippen molar-refractivity contribution in [3.63, 3.8) is 0 Å². The minimum Gasteiger partial charge on any atom is -0.314 e. The Hall–Kier alpha value is 0.220. The molecular formula is C12H26N2O2S2. The maximum absolute atomic E-state index is 11.8. The Bertz CT molecular complexity index is 344. The maximum atomic E-state index is 11.8. The third-order valence-corrected chi connectivity index (χ3v) is 5.79. The highest BCUT2D eigenvalue weighted by Gasteiger charge is 2.31. The quantitative estimate of drug-likeness (QED) is 0.793. The molecule has 1 fully saturated rings. The van der Waals surface area contributed by atoms with Crippen molar-refractivity contribution in [3.8, 4) is 0 Å². The van der Waals surface area contributed by atoms with E-state index in [1.807, 2.05) is 0 Å². The summed E-state index contributed by atoms with van der Waals surface area (Å²) < 4.78 is 23.5. The van der Waals surface area contributed by atoms with Gasteiger partial charge in [-0.1, -0.05) is 20.8 Å². The van der Waals surface area contributed by atoms with Crippen LogP contribution in [-0.2, 0) is 9.84 Å². The molecule has 0 amide bonds. The molecule has 0 spiro atoms. The summed E-state index contributed by atoms with van der Waals surface area (Å²) in [6.45, 7) is 9.12. The van der Waals surface area contributed by atoms with Gasteiger partial charge in [0.1, 0.15) is 5.37 Å². The van der Waals surface area contributed by atoms with Gasteiger partial charge >= 0.3 is 0 Å². The first-order valence-electron chi connectivity index (χ1n) is 6.54. The molecule has 0 aromatic carbocycles. The van der Waals surface area contributed by atoms with Crippen molar-refractivity contribution in [2.75, 3.05) is 37.4 Å². The number of rotatable bonds is 6. The van der Waals surface area contributed by atoms with E-state index in [1.54, 1.807) is 11.8 Å². The van der Waals surface area contributed by atoms with Crippen LogP contribution in [0.15, 0.2) is 0 Å². The van der Waals surface area contributed by atoms with Gasteiger partial charge in [0.25, 0.3) is 0 Å². The fourth-order valence-electron chi connectivity index (χ4n) is 2.12. The van der Waals surface area contributed by atoms with Crippen LogP contribution in [0.3, 0.4) is 0 Å². The highest BCUT2D eigenvalue weighted by molar-refractivity contribution is 8.00. The number of hydrogen-bond donors (Lipinski definition) is 1. The summed E-state index contributed by atoms with van der Waals surface area (Å²) in [5.41, 5.74) is 0. The molecule has 4 nitrogen and oxygen atoms in total. The molecule has 1 rings (SSSR count). The molecule has 1 aliphatic heterocycles. The van der Waals surface area contributed by atoms with Crippen LogP contribution in [0, 0.1) is 5.92 Å². The van der Waals surface area contributed by atoms with Crippen molar-refractivity contribution in [1.82, 2.24) is 10.2 Å². The number of nitrogens with one attached hydrogen (secondary N) is 1. The van der Waals surface area contributed by atoms with E-state index in [-0.39, 0.29) is 5.37 Å². The highest BCUT2D eigenvalue weighted by atomic mass is 32.2. The monoisotopic (exact) mass is 294 g/mol. The molecular weight excluding hydrogens is 268 g/mol. The molecule has 0 bridgehead atoms. The summed E-state index contributed by atoms with van der Waals surface area (Å²) in [4.78, 5) is 2.14. The smallest absolute Gasteiger partial charge is 0.164 e. The molecule has 0 aliphatic carbocycles. The van der Waals surface area contributed by atoms with E-state index in [9.17, 15) is 8.42 Å². The van der Waals surface area contributed by atoms with Crippen molar-refractivity contribution >= 4 is 21.6 Å². The van der Waals surface area contributed by atoms with Crippen LogP contribution in [-0.4, -0.2) is 62.1 Å². The van der Waals surface area contributed by atoms with E-state index in [4.69, 9.17) is 0 Å². The lowest BCUT2D eigenvalue weighted by Gasteiger charge is -2.35. The van der Waals surface area contributed by atoms with Crippen LogP contribution in [0.1, 0.15) is 20.8 Å². The largest absolute Gasteiger partial charge is 0.314 e. The Labute approximate surface area is 116 Å². The molecule has 1 N–H and O–H groups in total. The number of thioether (sulfide) groups is 1. The first-order valence-corrected chi connectivity index (χ1v) is 9.65. The minimum atomic E-state index is -2.97. The zero-order valence-corrected chi connectivity index (χ0v) is 13.5. The Morgan fingerprint density at radius 2 is 2.06 bits per heavy atom. The second kappa shape index (κ2) is 7.12. The first kappa shape index (κ1) is 16.3. The molecule has 2 unspecified atom stereocenters. The molecule has 2 atom stereocenters. The molecule has 1 saturated heterocycles. The van der Waals surface area contributed by atoms with Crippen LogP contribution in [0.4, 0.5) is 0 Å². The zero-order valence-electron chi connectivity index (χ0n) is 11.8. The molecule has 1 heterocycles. The Balaban J connectivity index is 2.52. The van der Waals surface area contributed by atoms with Gasteiger partial charge in [-0.25, -0.2) is 8.42 Å². The molecule has 0 aromatic rings. The van der Waals surface area contributed by atoms with Crippen molar-refractivity contribution < 1.29 is 8.42 Å². The third-order valence-electron chi connectivity index (χ3n) is 3.11. The SMILES string of the molecule is CC(CNC(C)C)CN1CCSCC1S(C)(=O)=O. The van der Waals surface area contributed by atoms with Gasteiger partial charge in [-0.05, 0) is 12.5 Å². The van der Waals surface area contributed by atoms with Crippen LogP contribution in [0.25, 0.3) is 0 Å². The third kappa shape index (κ3) is 5.47. The van der Waals surface area contributed by atoms with Gasteiger partial charge in [-0.3, -0.25) is 4.90 Å². The molecule has 0 radical (unpaired) electrons. The van der Waals surface area contributed by atoms with E-state index in [2.05, 4.69) is 31.0 Å². The van der Waals surface area contributed by atoms with Gasteiger partial charge in [0, 0.05) is 36.9 Å². The Kier molecular flexibility index (Phi) is 6.44. The number of sulfone groups is 1. The van der Waals surface area contributed by atoms with Gasteiger partial charge in [-0.2, -0.15) is 11.8 Å². The molecule has 0 saturated carbocycles. The first-order chi connectivity index (χ1) is 8.30. The van der Waals surface area contributed by atoms with Crippen LogP contribution in [0.2, 0.25) is 0 Å². The van der Waals surface area contributed by atoms with Gasteiger partial charge in [0.2, 0.25) is 0 Å². The fourth-order valence-corrected chi connectivity index (χ4v) is 5.07. The average molecular weight is 294 g/mol. The average Bonchev–Trinajstić information content (AvgIpc) is 2.25. The van der Waals surface area contributed by atoms with Crippen molar-refractivity contribution in [1.29, 1.82) is 0 Å². The predicted octanol–water partition coefficient (Wildman–Crippen LogP) is 1.04. The summed E-state index contributed by atoms with van der Waals surface area (Å²) in [5, 5.41) is 3.11. The van der Waals surface area contributed by atoms with E-state index < -0.39 is 9.84 Å². The molecule has 0 aromatic heterocycles. The summed E-state index contributed by atoms with van der Waals surface area (Å²) in [6.07, 6.45) is 1.35. The Morgan fingerprint density at radius 1 is 1.39 bits per heavy atom. The van der Waals surface area contributed by atoms with Gasteiger partial charge < -0.3 is 5.32 Å². The topological polar surface area (TPSA) is 49.4 Å². The zero-order chi connectivity index (χ0) is 13.8. The molecule has 18 heavy (non-hydrogen) atoms. The summed E-state index contributed by atoms with van der Waals surface area (Å²) in [5.74, 6) is 2.22. The van der Waals surface area contributed by atoms with Crippen LogP contribution < -0.4 is 5.32 Å². The molecule has 108 valence electrons. The van der Waals surface area contributed by atoms with E-state index >= 15 is 0 Å². The van der Waals surface area contributed by atoms with Crippen molar-refractivity contribution in [3.05, 3.63) is 0 Å². The van der Waals surface area contributed by atoms with E-state index in [0.717, 1.165) is 25.4 Å². The second-order valence-electron chi connectivity index (χ2n) is 5.52. The molecule has 1 aliphatic rings. The Morgan fingerprint density at radius 3 is 2.61 bits per heavy atom. The standard InChI is InChI=1S/C12H26N2O2S2/c1-10(2)13-7-11(3)8-14-5-6-17-9-12(14)18(4,15)16/h10-13H,5-9H2,1-4H3. The van der Waals surface area contributed by atoms with Crippen LogP contribution in [0.5, 0.6) is 0 Å². The highest BCUT2D eigenvalue weighted by Crippen LogP contribution is 2.21. The van der Waals surface area contributed by atoms with E-state index in [0.29, 0.717) is 17.7 Å². The lowest BCUT2D eigenvalue weighted by atomic mass is 10.1. The van der Waals surface area contributed by atoms with Crippen molar-refractivity contribution in [2.24, 2.45) is 5.92 Å². The molecule has 6 heteroatoms. The van der Waals surface area contributed by atoms with Crippen LogP contribution >= 0.6 is 11.8 Å². The summed E-state index contributed by atoms with van der Waals surface area (Å²) in [7, 11) is -2.97. The normalized spacial score (nSPS) is 24.4. The van der Waals surface area contributed by atoms with Gasteiger partial charge in [0.05, 0.1) is 0 Å². The predicted molar refractivity (Wildman–Crippen MR) is 79.8 cm³/mol. The minimum absolute atomic E-state index is 0.294. The van der Waals surface area contributed by atoms with Crippen molar-refractivity contribution in [2.45, 2.75) is 32.2 Å². The number of hydrogen-bond acceptors (Lipinski definition) is 5. The number of nitrogens with zero attached hydrogens (tertiary/aromatic N) is 1. The summed E-state index contributed by atoms with van der Waals surface area (Å²) >= 11 is 1.74. The lowest BCUT2D eigenvalue weighted by molar-refractivity contribution is 0.230. The summed E-state index contributed by atoms with van der Waals surface area (Å²) in [6, 6.07) is 0.482. The lowest BCUT2D eigenvalue weighted by Crippen LogP contribution is -2.49. The second-order valence-corrected chi connectivity index (χ2v) is 8.88. The van der Waals surface area contributed by atoms with E-state index in [1.165, 1.54) is 6.26 Å². The van der Waals surface area contributed by atoms with Gasteiger partial charge in [0.15, 0.2) is 9.84 Å².